The summed E-state index contributed by atoms with van der Waals surface area (Å²) in [7, 11) is 1.60. The van der Waals surface area contributed by atoms with Crippen molar-refractivity contribution >= 4 is 52.6 Å². The summed E-state index contributed by atoms with van der Waals surface area (Å²) in [4.78, 5) is 11.9. The number of aromatic nitrogens is 2. The summed E-state index contributed by atoms with van der Waals surface area (Å²) in [5, 5.41) is 10.4. The van der Waals surface area contributed by atoms with Crippen molar-refractivity contribution in [1.82, 2.24) is 20.6 Å². The van der Waals surface area contributed by atoms with Gasteiger partial charge in [-0.05, 0) is 6.92 Å². The van der Waals surface area contributed by atoms with Gasteiger partial charge in [0.1, 0.15) is 5.01 Å². The van der Waals surface area contributed by atoms with E-state index in [-0.39, 0.29) is 30.5 Å². The molecule has 0 unspecified atom stereocenters. The Labute approximate surface area is 162 Å². The minimum atomic E-state index is -4.40. The molecule has 2 rings (SSSR count). The van der Waals surface area contributed by atoms with E-state index in [1.54, 1.807) is 18.4 Å². The molecule has 2 aromatic rings. The Morgan fingerprint density at radius 3 is 2.50 bits per heavy atom. The number of thiazole rings is 2. The first-order valence-corrected chi connectivity index (χ1v) is 8.51. The summed E-state index contributed by atoms with van der Waals surface area (Å²) in [6.07, 6.45) is -3.65. The van der Waals surface area contributed by atoms with E-state index in [0.717, 1.165) is 33.8 Å². The Kier molecular flexibility index (Phi) is 8.36. The third-order valence-electron chi connectivity index (χ3n) is 2.81. The van der Waals surface area contributed by atoms with Gasteiger partial charge in [0.2, 0.25) is 0 Å². The summed E-state index contributed by atoms with van der Waals surface area (Å²) in [6, 6.07) is 0. The fraction of sp³-hybridized carbons (Fsp3) is 0.462. The maximum atomic E-state index is 12.5. The van der Waals surface area contributed by atoms with E-state index >= 15 is 0 Å². The van der Waals surface area contributed by atoms with Crippen LogP contribution in [0.1, 0.15) is 21.4 Å². The highest BCUT2D eigenvalue weighted by molar-refractivity contribution is 14.0. The summed E-state index contributed by atoms with van der Waals surface area (Å²) < 4.78 is 37.4. The molecule has 11 heteroatoms. The van der Waals surface area contributed by atoms with E-state index in [4.69, 9.17) is 0 Å². The second-order valence-electron chi connectivity index (χ2n) is 4.58. The number of nitrogens with one attached hydrogen (secondary N) is 2. The fourth-order valence-electron chi connectivity index (χ4n) is 1.73. The van der Waals surface area contributed by atoms with Crippen molar-refractivity contribution in [2.75, 3.05) is 13.6 Å². The van der Waals surface area contributed by atoms with Gasteiger partial charge in [0.15, 0.2) is 11.7 Å². The van der Waals surface area contributed by atoms with Gasteiger partial charge in [-0.25, -0.2) is 9.97 Å². The second kappa shape index (κ2) is 9.51. The molecule has 0 saturated heterocycles. The molecule has 2 aromatic heterocycles. The summed E-state index contributed by atoms with van der Waals surface area (Å²) in [5.74, 6) is 0.515. The maximum absolute atomic E-state index is 12.5. The lowest BCUT2D eigenvalue weighted by molar-refractivity contribution is -0.140. The number of guanidine groups is 1. The van der Waals surface area contributed by atoms with Crippen molar-refractivity contribution in [3.8, 4) is 0 Å². The molecule has 0 fully saturated rings. The normalized spacial score (nSPS) is 12.0. The van der Waals surface area contributed by atoms with E-state index in [1.165, 1.54) is 0 Å². The van der Waals surface area contributed by atoms with Crippen LogP contribution in [0.2, 0.25) is 0 Å². The number of hydrogen-bond acceptors (Lipinski definition) is 5. The molecule has 0 amide bonds. The molecule has 0 bridgehead atoms. The van der Waals surface area contributed by atoms with Crippen molar-refractivity contribution in [2.24, 2.45) is 4.99 Å². The lowest BCUT2D eigenvalue weighted by Gasteiger charge is -2.10. The average Bonchev–Trinajstić information content (AvgIpc) is 3.11. The largest absolute Gasteiger partial charge is 0.434 e. The molecular formula is C13H17F3IN5S2. The van der Waals surface area contributed by atoms with Crippen LogP contribution in [-0.4, -0.2) is 29.5 Å². The first-order valence-electron chi connectivity index (χ1n) is 6.75. The van der Waals surface area contributed by atoms with Crippen LogP contribution in [0.3, 0.4) is 0 Å². The van der Waals surface area contributed by atoms with Crippen molar-refractivity contribution in [3.63, 3.8) is 0 Å². The van der Waals surface area contributed by atoms with Crippen LogP contribution >= 0.6 is 46.7 Å². The Balaban J connectivity index is 0.00000288. The SMILES string of the molecule is CN=C(NCCc1csc(C)n1)NCc1nc(C(F)(F)F)cs1.I. The van der Waals surface area contributed by atoms with Crippen LogP contribution < -0.4 is 10.6 Å². The molecule has 0 atom stereocenters. The highest BCUT2D eigenvalue weighted by Crippen LogP contribution is 2.29. The third kappa shape index (κ3) is 6.51. The van der Waals surface area contributed by atoms with E-state index < -0.39 is 11.9 Å². The summed E-state index contributed by atoms with van der Waals surface area (Å²) >= 11 is 2.56. The minimum absolute atomic E-state index is 0. The highest BCUT2D eigenvalue weighted by Gasteiger charge is 2.33. The average molecular weight is 491 g/mol. The van der Waals surface area contributed by atoms with Gasteiger partial charge in [-0.2, -0.15) is 13.2 Å². The molecule has 2 heterocycles. The van der Waals surface area contributed by atoms with Gasteiger partial charge in [-0.3, -0.25) is 4.99 Å². The zero-order valence-corrected chi connectivity index (χ0v) is 16.9. The molecule has 0 saturated carbocycles. The topological polar surface area (TPSA) is 62.2 Å². The van der Waals surface area contributed by atoms with Gasteiger partial charge in [0.05, 0.1) is 17.2 Å². The van der Waals surface area contributed by atoms with Crippen molar-refractivity contribution in [3.05, 3.63) is 32.2 Å². The second-order valence-corrected chi connectivity index (χ2v) is 6.59. The minimum Gasteiger partial charge on any atom is -0.356 e. The smallest absolute Gasteiger partial charge is 0.356 e. The molecule has 0 radical (unpaired) electrons. The summed E-state index contributed by atoms with van der Waals surface area (Å²) in [6.45, 7) is 2.77. The first kappa shape index (κ1) is 21.1. The van der Waals surface area contributed by atoms with Gasteiger partial charge in [-0.15, -0.1) is 46.7 Å². The van der Waals surface area contributed by atoms with Crippen LogP contribution in [-0.2, 0) is 19.1 Å². The number of rotatable bonds is 5. The van der Waals surface area contributed by atoms with Crippen LogP contribution in [0, 0.1) is 6.92 Å². The zero-order chi connectivity index (χ0) is 16.9. The van der Waals surface area contributed by atoms with E-state index in [2.05, 4.69) is 25.6 Å². The number of aliphatic imine (C=N–C) groups is 1. The number of nitrogens with zero attached hydrogens (tertiary/aromatic N) is 3. The lowest BCUT2D eigenvalue weighted by Crippen LogP contribution is -2.37. The molecule has 24 heavy (non-hydrogen) atoms. The summed E-state index contributed by atoms with van der Waals surface area (Å²) in [5.41, 5.74) is 0.145. The van der Waals surface area contributed by atoms with Gasteiger partial charge in [0, 0.05) is 30.8 Å². The molecule has 0 aliphatic rings. The maximum Gasteiger partial charge on any atom is 0.434 e. The number of hydrogen-bond donors (Lipinski definition) is 2. The van der Waals surface area contributed by atoms with E-state index in [9.17, 15) is 13.2 Å². The predicted octanol–water partition coefficient (Wildman–Crippen LogP) is 3.45. The lowest BCUT2D eigenvalue weighted by atomic mass is 10.3. The highest BCUT2D eigenvalue weighted by atomic mass is 127. The van der Waals surface area contributed by atoms with Crippen LogP contribution in [0.5, 0.6) is 0 Å². The molecule has 0 aliphatic heterocycles. The van der Waals surface area contributed by atoms with Gasteiger partial charge in [-0.1, -0.05) is 0 Å². The Bertz CT molecular complexity index is 669. The molecule has 0 aromatic carbocycles. The fourth-order valence-corrected chi connectivity index (χ4v) is 3.12. The number of halogens is 4. The molecule has 2 N–H and O–H groups in total. The van der Waals surface area contributed by atoms with E-state index in [0.29, 0.717) is 17.5 Å². The van der Waals surface area contributed by atoms with Crippen molar-refractivity contribution in [2.45, 2.75) is 26.1 Å². The van der Waals surface area contributed by atoms with Crippen molar-refractivity contribution < 1.29 is 13.2 Å². The quantitative estimate of drug-likeness (QED) is 0.382. The Morgan fingerprint density at radius 1 is 1.21 bits per heavy atom. The van der Waals surface area contributed by atoms with Crippen LogP contribution in [0.4, 0.5) is 13.2 Å². The van der Waals surface area contributed by atoms with Crippen molar-refractivity contribution in [1.29, 1.82) is 0 Å². The van der Waals surface area contributed by atoms with E-state index in [1.807, 2.05) is 12.3 Å². The van der Waals surface area contributed by atoms with Crippen LogP contribution in [0.15, 0.2) is 15.8 Å². The molecule has 134 valence electrons. The zero-order valence-electron chi connectivity index (χ0n) is 13.0. The van der Waals surface area contributed by atoms with Gasteiger partial charge < -0.3 is 10.6 Å². The Hall–Kier alpha value is -0.950. The molecular weight excluding hydrogens is 474 g/mol. The Morgan fingerprint density at radius 2 is 1.96 bits per heavy atom. The monoisotopic (exact) mass is 491 g/mol. The predicted molar refractivity (Wildman–Crippen MR) is 101 cm³/mol. The third-order valence-corrected chi connectivity index (χ3v) is 4.48. The molecule has 0 aliphatic carbocycles. The van der Waals surface area contributed by atoms with Crippen LogP contribution in [0.25, 0.3) is 0 Å². The van der Waals surface area contributed by atoms with Gasteiger partial charge >= 0.3 is 6.18 Å². The molecule has 0 spiro atoms. The number of aryl methyl sites for hydroxylation is 1. The van der Waals surface area contributed by atoms with Gasteiger partial charge in [0.25, 0.3) is 0 Å². The molecule has 5 nitrogen and oxygen atoms in total. The standard InChI is InChI=1S/C13H16F3N5S2.HI/c1-8-20-9(6-22-8)3-4-18-12(17-2)19-5-11-21-10(7-23-11)13(14,15)16;/h6-7H,3-5H2,1-2H3,(H2,17,18,19);1H. The number of alkyl halides is 3. The first-order chi connectivity index (χ1) is 10.9.